The Morgan fingerprint density at radius 3 is 2.53 bits per heavy atom. The van der Waals surface area contributed by atoms with Gasteiger partial charge in [0, 0.05) is 15.0 Å². The third-order valence-electron chi connectivity index (χ3n) is 2.92. The third-order valence-corrected chi connectivity index (χ3v) is 3.97. The van der Waals surface area contributed by atoms with Gasteiger partial charge in [-0.2, -0.15) is 0 Å². The average molecular weight is 222 g/mol. The topological polar surface area (TPSA) is 9.23 Å². The molecule has 0 amide bonds. The average Bonchev–Trinajstić information content (AvgIpc) is 2.32. The molecule has 15 heavy (non-hydrogen) atoms. The Hall–Kier alpha value is -0.390. The molecule has 1 atom stereocenters. The van der Waals surface area contributed by atoms with Gasteiger partial charge in [-0.05, 0) is 18.4 Å². The maximum absolute atomic E-state index is 5.91. The lowest BCUT2D eigenvalue weighted by molar-refractivity contribution is 0.178. The lowest BCUT2D eigenvalue weighted by Crippen LogP contribution is -2.12. The van der Waals surface area contributed by atoms with Gasteiger partial charge in [0.15, 0.2) is 0 Å². The van der Waals surface area contributed by atoms with E-state index in [9.17, 15) is 0 Å². The van der Waals surface area contributed by atoms with Gasteiger partial charge in [0.1, 0.15) is 0 Å². The normalized spacial score (nSPS) is 18.7. The Bertz CT molecular complexity index is 267. The minimum absolute atomic E-state index is 0.556. The lowest BCUT2D eigenvalue weighted by Gasteiger charge is -2.21. The zero-order chi connectivity index (χ0) is 10.3. The number of benzene rings is 1. The molecule has 0 spiro atoms. The van der Waals surface area contributed by atoms with Crippen LogP contribution in [0.2, 0.25) is 0 Å². The molecule has 2 rings (SSSR count). The highest BCUT2D eigenvalue weighted by atomic mass is 31.1. The fourth-order valence-electron chi connectivity index (χ4n) is 2.02. The molecule has 82 valence electrons. The van der Waals surface area contributed by atoms with E-state index in [0.29, 0.717) is 14.9 Å². The molecule has 0 aliphatic heterocycles. The van der Waals surface area contributed by atoms with E-state index >= 15 is 0 Å². The second-order valence-electron chi connectivity index (χ2n) is 4.18. The van der Waals surface area contributed by atoms with Gasteiger partial charge in [-0.3, -0.25) is 0 Å². The molecule has 0 heterocycles. The zero-order valence-corrected chi connectivity index (χ0v) is 10.1. The largest absolute Gasteiger partial charge is 0.359 e. The highest BCUT2D eigenvalue weighted by Gasteiger charge is 2.13. The Balaban J connectivity index is 1.66. The predicted octanol–water partition coefficient (Wildman–Crippen LogP) is 4.13. The van der Waals surface area contributed by atoms with Gasteiger partial charge in [0.25, 0.3) is 0 Å². The second-order valence-corrected chi connectivity index (χ2v) is 5.06. The summed E-state index contributed by atoms with van der Waals surface area (Å²) in [6.45, 7) is 0. The molecule has 1 aliphatic rings. The van der Waals surface area contributed by atoms with E-state index in [1.54, 1.807) is 0 Å². The summed E-state index contributed by atoms with van der Waals surface area (Å²) in [6, 6.07) is 10.6. The van der Waals surface area contributed by atoms with E-state index in [2.05, 4.69) is 30.3 Å². The van der Waals surface area contributed by atoms with Crippen LogP contribution < -0.4 is 0 Å². The van der Waals surface area contributed by atoms with Gasteiger partial charge >= 0.3 is 0 Å². The molecule has 1 aliphatic carbocycles. The van der Waals surface area contributed by atoms with Crippen molar-refractivity contribution in [2.75, 3.05) is 0 Å². The molecular formula is C13H19OP. The van der Waals surface area contributed by atoms with Crippen molar-refractivity contribution in [2.24, 2.45) is 0 Å². The fourth-order valence-corrected chi connectivity index (χ4v) is 2.98. The van der Waals surface area contributed by atoms with E-state index < -0.39 is 0 Å². The standard InChI is InChI=1S/C13H19OP/c1-3-7-12(8-4-1)11-15-14-13-9-5-2-6-10-13/h1,3-4,7-8,13,15H,2,5-6,9-11H2. The van der Waals surface area contributed by atoms with Crippen molar-refractivity contribution in [3.8, 4) is 0 Å². The summed E-state index contributed by atoms with van der Waals surface area (Å²) in [5.41, 5.74) is 1.40. The van der Waals surface area contributed by atoms with Crippen LogP contribution in [0.1, 0.15) is 37.7 Å². The minimum Gasteiger partial charge on any atom is -0.359 e. The van der Waals surface area contributed by atoms with Crippen LogP contribution in [0.4, 0.5) is 0 Å². The highest BCUT2D eigenvalue weighted by Crippen LogP contribution is 2.28. The molecule has 1 aromatic carbocycles. The zero-order valence-electron chi connectivity index (χ0n) is 9.11. The fraction of sp³-hybridized carbons (Fsp3) is 0.538. The summed E-state index contributed by atoms with van der Waals surface area (Å²) in [5, 5.41) is 0. The van der Waals surface area contributed by atoms with Crippen molar-refractivity contribution in [2.45, 2.75) is 44.4 Å². The van der Waals surface area contributed by atoms with Gasteiger partial charge in [0.2, 0.25) is 0 Å². The van der Waals surface area contributed by atoms with Crippen LogP contribution in [0.3, 0.4) is 0 Å². The molecule has 1 saturated carbocycles. The number of hydrogen-bond acceptors (Lipinski definition) is 1. The smallest absolute Gasteiger partial charge is 0.0614 e. The van der Waals surface area contributed by atoms with Gasteiger partial charge in [-0.25, -0.2) is 0 Å². The Morgan fingerprint density at radius 1 is 1.07 bits per heavy atom. The lowest BCUT2D eigenvalue weighted by atomic mass is 9.98. The molecule has 1 aromatic rings. The van der Waals surface area contributed by atoms with Crippen LogP contribution in [0.15, 0.2) is 30.3 Å². The molecule has 0 aromatic heterocycles. The Kier molecular flexibility index (Phi) is 4.63. The van der Waals surface area contributed by atoms with Crippen LogP contribution in [0.5, 0.6) is 0 Å². The van der Waals surface area contributed by atoms with Crippen molar-refractivity contribution in [1.82, 2.24) is 0 Å². The third kappa shape index (κ3) is 3.93. The molecule has 2 heteroatoms. The molecule has 0 radical (unpaired) electrons. The van der Waals surface area contributed by atoms with E-state index in [4.69, 9.17) is 4.52 Å². The summed E-state index contributed by atoms with van der Waals surface area (Å²) in [4.78, 5) is 0. The van der Waals surface area contributed by atoms with Crippen LogP contribution in [0.25, 0.3) is 0 Å². The van der Waals surface area contributed by atoms with E-state index in [0.717, 1.165) is 6.16 Å². The van der Waals surface area contributed by atoms with Crippen molar-refractivity contribution < 1.29 is 4.52 Å². The maximum Gasteiger partial charge on any atom is 0.0614 e. The van der Waals surface area contributed by atoms with Crippen molar-refractivity contribution in [3.63, 3.8) is 0 Å². The minimum atomic E-state index is 0.556. The van der Waals surface area contributed by atoms with E-state index in [1.165, 1.54) is 37.7 Å². The molecule has 1 fully saturated rings. The van der Waals surface area contributed by atoms with Crippen molar-refractivity contribution in [3.05, 3.63) is 35.9 Å². The Morgan fingerprint density at radius 2 is 1.80 bits per heavy atom. The van der Waals surface area contributed by atoms with Gasteiger partial charge in [-0.15, -0.1) is 0 Å². The summed E-state index contributed by atoms with van der Waals surface area (Å²) >= 11 is 0. The quantitative estimate of drug-likeness (QED) is 0.696. The van der Waals surface area contributed by atoms with E-state index in [-0.39, 0.29) is 0 Å². The number of hydrogen-bond donors (Lipinski definition) is 0. The molecule has 1 unspecified atom stereocenters. The maximum atomic E-state index is 5.91. The summed E-state index contributed by atoms with van der Waals surface area (Å²) < 4.78 is 5.91. The van der Waals surface area contributed by atoms with Crippen LogP contribution in [-0.4, -0.2) is 6.10 Å². The van der Waals surface area contributed by atoms with Gasteiger partial charge in [-0.1, -0.05) is 49.6 Å². The second kappa shape index (κ2) is 6.25. The summed E-state index contributed by atoms with van der Waals surface area (Å²) in [6.07, 6.45) is 8.32. The Labute approximate surface area is 94.1 Å². The molecule has 0 bridgehead atoms. The van der Waals surface area contributed by atoms with Gasteiger partial charge in [0.05, 0.1) is 6.10 Å². The highest BCUT2D eigenvalue weighted by molar-refractivity contribution is 7.31. The first-order valence-electron chi connectivity index (χ1n) is 5.87. The van der Waals surface area contributed by atoms with Crippen LogP contribution in [0, 0.1) is 0 Å². The predicted molar refractivity (Wildman–Crippen MR) is 66.4 cm³/mol. The van der Waals surface area contributed by atoms with Gasteiger partial charge < -0.3 is 4.52 Å². The number of rotatable bonds is 4. The first-order chi connectivity index (χ1) is 7.45. The summed E-state index contributed by atoms with van der Waals surface area (Å²) in [5.74, 6) is 0. The molecule has 0 N–H and O–H groups in total. The van der Waals surface area contributed by atoms with Crippen molar-refractivity contribution in [1.29, 1.82) is 0 Å². The van der Waals surface area contributed by atoms with Crippen LogP contribution >= 0.6 is 8.81 Å². The SMILES string of the molecule is c1ccc(CPOC2CCCCC2)cc1. The molecule has 1 nitrogen and oxygen atoms in total. The monoisotopic (exact) mass is 222 g/mol. The van der Waals surface area contributed by atoms with Crippen molar-refractivity contribution >= 4 is 8.81 Å². The van der Waals surface area contributed by atoms with E-state index in [1.807, 2.05) is 0 Å². The molecule has 0 saturated heterocycles. The summed E-state index contributed by atoms with van der Waals surface area (Å²) in [7, 11) is 0.641. The first-order valence-corrected chi connectivity index (χ1v) is 6.99. The van der Waals surface area contributed by atoms with Crippen LogP contribution in [-0.2, 0) is 10.7 Å². The first kappa shape index (κ1) is 11.1. The molecular weight excluding hydrogens is 203 g/mol.